The van der Waals surface area contributed by atoms with Crippen LogP contribution in [0.5, 0.6) is 0 Å². The molecule has 4 rings (SSSR count). The number of aromatic nitrogens is 4. The second kappa shape index (κ2) is 6.72. The quantitative estimate of drug-likeness (QED) is 0.295. The van der Waals surface area contributed by atoms with Gasteiger partial charge in [-0.1, -0.05) is 0 Å². The molecule has 13 nitrogen and oxygen atoms in total. The number of amides is 1. The van der Waals surface area contributed by atoms with Gasteiger partial charge in [-0.3, -0.25) is 9.36 Å². The van der Waals surface area contributed by atoms with Gasteiger partial charge in [0, 0.05) is 13.6 Å². The zero-order chi connectivity index (χ0) is 21.8. The van der Waals surface area contributed by atoms with Gasteiger partial charge in [0.05, 0.1) is 12.6 Å². The summed E-state index contributed by atoms with van der Waals surface area (Å²) in [6, 6.07) is 3.29. The lowest BCUT2D eigenvalue weighted by Crippen LogP contribution is -2.60. The highest BCUT2D eigenvalue weighted by molar-refractivity contribution is 5.85. The lowest BCUT2D eigenvalue weighted by Gasteiger charge is -2.31. The van der Waals surface area contributed by atoms with E-state index in [0.717, 1.165) is 10.9 Å². The summed E-state index contributed by atoms with van der Waals surface area (Å²) < 4.78 is 11.6. The van der Waals surface area contributed by atoms with E-state index in [1.54, 1.807) is 24.1 Å². The van der Waals surface area contributed by atoms with Gasteiger partial charge in [0.2, 0.25) is 0 Å². The third-order valence-electron chi connectivity index (χ3n) is 5.01. The summed E-state index contributed by atoms with van der Waals surface area (Å²) in [5.74, 6) is -7.05. The van der Waals surface area contributed by atoms with Crippen LogP contribution in [0, 0.1) is 0 Å². The number of ether oxygens (including phenoxy) is 1. The van der Waals surface area contributed by atoms with Crippen molar-refractivity contribution in [1.82, 2.24) is 19.5 Å². The summed E-state index contributed by atoms with van der Waals surface area (Å²) in [6.45, 7) is 2.47. The first kappa shape index (κ1) is 20.2. The molecular formula is C17H20N6O7. The molecule has 13 heteroatoms. The minimum absolute atomic E-state index is 0.0742. The molecule has 0 saturated carbocycles. The molecule has 0 aromatic carbocycles. The van der Waals surface area contributed by atoms with Crippen LogP contribution in [0.1, 0.15) is 13.2 Å². The molecular weight excluding hydrogens is 400 g/mol. The molecule has 6 N–H and O–H groups in total. The van der Waals surface area contributed by atoms with E-state index >= 15 is 0 Å². The van der Waals surface area contributed by atoms with Crippen molar-refractivity contribution in [3.63, 3.8) is 0 Å². The van der Waals surface area contributed by atoms with Crippen LogP contribution in [0.25, 0.3) is 22.7 Å². The molecule has 4 heterocycles. The molecule has 1 saturated heterocycles. The van der Waals surface area contributed by atoms with Crippen molar-refractivity contribution in [2.75, 3.05) is 18.5 Å². The van der Waals surface area contributed by atoms with Crippen molar-refractivity contribution in [2.45, 2.75) is 30.8 Å². The third kappa shape index (κ3) is 2.75. The molecule has 3 aromatic rings. The number of hydrogen-bond donors (Lipinski definition) is 5. The number of fused-ring (bicyclic) bond motifs is 1. The van der Waals surface area contributed by atoms with E-state index in [9.17, 15) is 25.2 Å². The largest absolute Gasteiger partial charge is 0.461 e. The molecule has 1 fully saturated rings. The zero-order valence-electron chi connectivity index (χ0n) is 16.0. The van der Waals surface area contributed by atoms with Crippen LogP contribution in [-0.4, -0.2) is 77.1 Å². The van der Waals surface area contributed by atoms with Crippen LogP contribution >= 0.6 is 0 Å². The maximum Gasteiger partial charge on any atom is 0.268 e. The predicted molar refractivity (Wildman–Crippen MR) is 99.4 cm³/mol. The number of nitrogens with two attached hydrogens (primary N) is 1. The highest BCUT2D eigenvalue weighted by Gasteiger charge is 2.68. The van der Waals surface area contributed by atoms with Crippen molar-refractivity contribution in [3.8, 4) is 11.6 Å². The number of aliphatic hydroxyl groups is 4. The van der Waals surface area contributed by atoms with Gasteiger partial charge >= 0.3 is 0 Å². The topological polar surface area (TPSA) is 193 Å². The van der Waals surface area contributed by atoms with Crippen molar-refractivity contribution in [1.29, 1.82) is 0 Å². The van der Waals surface area contributed by atoms with Gasteiger partial charge in [0.15, 0.2) is 40.9 Å². The minimum atomic E-state index is -3.37. The second-order valence-corrected chi connectivity index (χ2v) is 6.91. The SMILES string of the molecule is CCN(C)c1nc(-c2ccco2)nc2c1ncn2C1OC(C(N)=O)C(O)(O)C1(O)O. The fourth-order valence-electron chi connectivity index (χ4n) is 3.22. The Morgan fingerprint density at radius 3 is 2.60 bits per heavy atom. The van der Waals surface area contributed by atoms with E-state index in [4.69, 9.17) is 14.9 Å². The van der Waals surface area contributed by atoms with E-state index < -0.39 is 29.8 Å². The summed E-state index contributed by atoms with van der Waals surface area (Å²) in [4.78, 5) is 26.4. The fourth-order valence-corrected chi connectivity index (χ4v) is 3.22. The molecule has 1 aliphatic heterocycles. The smallest absolute Gasteiger partial charge is 0.268 e. The highest BCUT2D eigenvalue weighted by Crippen LogP contribution is 2.43. The van der Waals surface area contributed by atoms with Crippen LogP contribution in [0.15, 0.2) is 29.1 Å². The maximum atomic E-state index is 11.6. The maximum absolute atomic E-state index is 11.6. The Morgan fingerprint density at radius 2 is 2.03 bits per heavy atom. The number of hydrogen-bond acceptors (Lipinski definition) is 11. The number of primary amides is 1. The number of carbonyl (C=O) groups excluding carboxylic acids is 1. The third-order valence-corrected chi connectivity index (χ3v) is 5.01. The molecule has 2 unspecified atom stereocenters. The summed E-state index contributed by atoms with van der Waals surface area (Å²) >= 11 is 0. The molecule has 2 atom stereocenters. The van der Waals surface area contributed by atoms with Gasteiger partial charge < -0.3 is 40.2 Å². The summed E-state index contributed by atoms with van der Waals surface area (Å²) in [7, 11) is 1.77. The summed E-state index contributed by atoms with van der Waals surface area (Å²) in [5, 5.41) is 41.1. The Morgan fingerprint density at radius 1 is 1.30 bits per heavy atom. The number of nitrogens with zero attached hydrogens (tertiary/aromatic N) is 5. The molecule has 1 amide bonds. The van der Waals surface area contributed by atoms with Gasteiger partial charge in [-0.2, -0.15) is 0 Å². The van der Waals surface area contributed by atoms with Crippen molar-refractivity contribution in [3.05, 3.63) is 24.7 Å². The number of carbonyl (C=O) groups is 1. The minimum Gasteiger partial charge on any atom is -0.461 e. The lowest BCUT2D eigenvalue weighted by molar-refractivity contribution is -0.351. The van der Waals surface area contributed by atoms with Gasteiger partial charge in [-0.05, 0) is 19.1 Å². The Bertz CT molecular complexity index is 1090. The van der Waals surface area contributed by atoms with Crippen molar-refractivity contribution < 1.29 is 34.4 Å². The predicted octanol–water partition coefficient (Wildman–Crippen LogP) is -1.71. The van der Waals surface area contributed by atoms with E-state index in [-0.39, 0.29) is 17.0 Å². The van der Waals surface area contributed by atoms with Crippen LogP contribution in [0.3, 0.4) is 0 Å². The van der Waals surface area contributed by atoms with E-state index in [2.05, 4.69) is 15.0 Å². The normalized spacial score (nSPS) is 22.5. The molecule has 0 radical (unpaired) electrons. The van der Waals surface area contributed by atoms with Crippen LogP contribution in [-0.2, 0) is 9.53 Å². The molecule has 1 aliphatic rings. The van der Waals surface area contributed by atoms with Gasteiger partial charge in [0.25, 0.3) is 17.5 Å². The van der Waals surface area contributed by atoms with E-state index in [1.165, 1.54) is 6.26 Å². The Hall–Kier alpha value is -3.10. The number of anilines is 1. The van der Waals surface area contributed by atoms with E-state index in [1.807, 2.05) is 6.92 Å². The van der Waals surface area contributed by atoms with Gasteiger partial charge in [-0.25, -0.2) is 15.0 Å². The van der Waals surface area contributed by atoms with Crippen molar-refractivity contribution in [2.24, 2.45) is 5.73 Å². The number of furan rings is 1. The summed E-state index contributed by atoms with van der Waals surface area (Å²) in [5.41, 5.74) is 5.47. The molecule has 160 valence electrons. The summed E-state index contributed by atoms with van der Waals surface area (Å²) in [6.07, 6.45) is -1.38. The Kier molecular flexibility index (Phi) is 4.52. The number of rotatable bonds is 5. The second-order valence-electron chi connectivity index (χ2n) is 6.91. The average molecular weight is 420 g/mol. The number of imidazole rings is 1. The Labute approximate surface area is 169 Å². The van der Waals surface area contributed by atoms with Gasteiger partial charge in [0.1, 0.15) is 0 Å². The van der Waals surface area contributed by atoms with E-state index in [0.29, 0.717) is 18.1 Å². The van der Waals surface area contributed by atoms with Gasteiger partial charge in [-0.15, -0.1) is 0 Å². The first-order valence-corrected chi connectivity index (χ1v) is 8.93. The first-order valence-electron chi connectivity index (χ1n) is 8.93. The zero-order valence-corrected chi connectivity index (χ0v) is 16.0. The van der Waals surface area contributed by atoms with Crippen molar-refractivity contribution >= 4 is 22.9 Å². The molecule has 30 heavy (non-hydrogen) atoms. The molecule has 0 aliphatic carbocycles. The monoisotopic (exact) mass is 420 g/mol. The standard InChI is InChI=1S/C17H20N6O7/c1-3-22(2)13-9-14(21-12(20-13)8-5-4-6-29-8)23(7-19-9)15-17(27,28)16(25,26)10(30-15)11(18)24/h4-7,10,15,25-28H,3H2,1-2H3,(H2,18,24). The van der Waals surface area contributed by atoms with Crippen LogP contribution in [0.4, 0.5) is 5.82 Å². The average Bonchev–Trinajstić information content (AvgIpc) is 3.39. The molecule has 3 aromatic heterocycles. The lowest BCUT2D eigenvalue weighted by atomic mass is 10.0. The highest BCUT2D eigenvalue weighted by atomic mass is 16.7. The fraction of sp³-hybridized carbons (Fsp3) is 0.412. The Balaban J connectivity index is 1.93. The molecule has 0 bridgehead atoms. The van der Waals surface area contributed by atoms with Crippen LogP contribution in [0.2, 0.25) is 0 Å². The van der Waals surface area contributed by atoms with Crippen LogP contribution < -0.4 is 10.6 Å². The molecule has 0 spiro atoms. The first-order chi connectivity index (χ1) is 14.1.